The molecule has 0 aromatic heterocycles. The van der Waals surface area contributed by atoms with Crippen LogP contribution < -0.4 is 4.90 Å². The highest BCUT2D eigenvalue weighted by molar-refractivity contribution is 5.94. The van der Waals surface area contributed by atoms with Crippen molar-refractivity contribution in [2.45, 2.75) is 19.3 Å². The Morgan fingerprint density at radius 1 is 1.20 bits per heavy atom. The molecule has 1 aliphatic rings. The molecule has 0 atom stereocenters. The summed E-state index contributed by atoms with van der Waals surface area (Å²) in [4.78, 5) is 13.6. The van der Waals surface area contributed by atoms with Crippen molar-refractivity contribution in [3.8, 4) is 0 Å². The van der Waals surface area contributed by atoms with Crippen LogP contribution in [-0.4, -0.2) is 24.7 Å². The highest BCUT2D eigenvalue weighted by Gasteiger charge is 2.45. The Morgan fingerprint density at radius 2 is 1.90 bits per heavy atom. The van der Waals surface area contributed by atoms with Crippen molar-refractivity contribution in [1.29, 1.82) is 0 Å². The minimum atomic E-state index is -0.657. The number of nitrogens with zero attached hydrogens (tertiary/aromatic N) is 1. The normalized spacial score (nSPS) is 16.6. The summed E-state index contributed by atoms with van der Waals surface area (Å²) in [5.41, 5.74) is 0.557. The first-order valence-corrected chi connectivity index (χ1v) is 7.05. The lowest BCUT2D eigenvalue weighted by atomic mass is 9.68. The van der Waals surface area contributed by atoms with E-state index in [1.807, 2.05) is 25.2 Å². The Bertz CT molecular complexity index is 641. The van der Waals surface area contributed by atoms with Crippen molar-refractivity contribution >= 4 is 22.4 Å². The molecule has 0 spiro atoms. The molecule has 1 aliphatic carbocycles. The molecular formula is C17H19NO2. The molecule has 3 nitrogen and oxygen atoms in total. The van der Waals surface area contributed by atoms with E-state index in [1.165, 1.54) is 10.8 Å². The van der Waals surface area contributed by atoms with Crippen LogP contribution in [0.2, 0.25) is 0 Å². The summed E-state index contributed by atoms with van der Waals surface area (Å²) in [6.07, 6.45) is 2.60. The van der Waals surface area contributed by atoms with Gasteiger partial charge in [0.15, 0.2) is 0 Å². The first-order chi connectivity index (χ1) is 9.62. The van der Waals surface area contributed by atoms with E-state index in [9.17, 15) is 9.90 Å². The minimum Gasteiger partial charge on any atom is -0.481 e. The third-order valence-electron chi connectivity index (χ3n) is 4.48. The van der Waals surface area contributed by atoms with E-state index in [0.717, 1.165) is 24.9 Å². The average molecular weight is 269 g/mol. The first kappa shape index (κ1) is 13.0. The van der Waals surface area contributed by atoms with Gasteiger partial charge in [0.05, 0.1) is 5.41 Å². The van der Waals surface area contributed by atoms with Gasteiger partial charge in [0.25, 0.3) is 0 Å². The van der Waals surface area contributed by atoms with Gasteiger partial charge in [-0.2, -0.15) is 0 Å². The number of aliphatic carboxylic acids is 1. The highest BCUT2D eigenvalue weighted by atomic mass is 16.4. The quantitative estimate of drug-likeness (QED) is 0.923. The van der Waals surface area contributed by atoms with Gasteiger partial charge in [0, 0.05) is 24.7 Å². The van der Waals surface area contributed by atoms with Gasteiger partial charge in [-0.1, -0.05) is 42.8 Å². The fourth-order valence-corrected chi connectivity index (χ4v) is 3.12. The summed E-state index contributed by atoms with van der Waals surface area (Å²) in [7, 11) is 1.99. The lowest BCUT2D eigenvalue weighted by molar-refractivity contribution is -0.153. The van der Waals surface area contributed by atoms with E-state index < -0.39 is 11.4 Å². The predicted octanol–water partition coefficient (Wildman–Crippen LogP) is 3.53. The van der Waals surface area contributed by atoms with Crippen molar-refractivity contribution in [3.63, 3.8) is 0 Å². The Hall–Kier alpha value is -2.03. The molecule has 2 aromatic carbocycles. The minimum absolute atomic E-state index is 0.550. The van der Waals surface area contributed by atoms with Gasteiger partial charge in [-0.15, -0.1) is 0 Å². The van der Waals surface area contributed by atoms with E-state index >= 15 is 0 Å². The number of carboxylic acid groups (broad SMARTS) is 1. The van der Waals surface area contributed by atoms with Gasteiger partial charge < -0.3 is 10.0 Å². The second-order valence-corrected chi connectivity index (χ2v) is 5.79. The molecule has 0 saturated heterocycles. The molecule has 20 heavy (non-hydrogen) atoms. The summed E-state index contributed by atoms with van der Waals surface area (Å²) in [6.45, 7) is 0.580. The second-order valence-electron chi connectivity index (χ2n) is 5.79. The number of hydrogen-bond acceptors (Lipinski definition) is 2. The second kappa shape index (κ2) is 4.82. The van der Waals surface area contributed by atoms with E-state index in [2.05, 4.69) is 29.2 Å². The summed E-state index contributed by atoms with van der Waals surface area (Å²) in [5, 5.41) is 11.8. The molecule has 0 aliphatic heterocycles. The van der Waals surface area contributed by atoms with Crippen LogP contribution >= 0.6 is 0 Å². The van der Waals surface area contributed by atoms with Crippen LogP contribution in [0.5, 0.6) is 0 Å². The van der Waals surface area contributed by atoms with Crippen LogP contribution in [0.3, 0.4) is 0 Å². The van der Waals surface area contributed by atoms with Crippen LogP contribution in [0, 0.1) is 5.41 Å². The summed E-state index contributed by atoms with van der Waals surface area (Å²) < 4.78 is 0. The number of carbonyl (C=O) groups is 1. The smallest absolute Gasteiger partial charge is 0.311 e. The molecule has 0 bridgehead atoms. The van der Waals surface area contributed by atoms with E-state index in [0.29, 0.717) is 6.54 Å². The summed E-state index contributed by atoms with van der Waals surface area (Å²) >= 11 is 0. The van der Waals surface area contributed by atoms with E-state index in [4.69, 9.17) is 0 Å². The van der Waals surface area contributed by atoms with E-state index in [-0.39, 0.29) is 0 Å². The van der Waals surface area contributed by atoms with Gasteiger partial charge in [-0.3, -0.25) is 4.79 Å². The van der Waals surface area contributed by atoms with Crippen LogP contribution in [-0.2, 0) is 4.79 Å². The molecule has 2 aromatic rings. The van der Waals surface area contributed by atoms with Crippen LogP contribution in [0.1, 0.15) is 19.3 Å². The predicted molar refractivity (Wildman–Crippen MR) is 81.1 cm³/mol. The third-order valence-corrected chi connectivity index (χ3v) is 4.48. The Labute approximate surface area is 118 Å². The van der Waals surface area contributed by atoms with Crippen molar-refractivity contribution in [3.05, 3.63) is 42.5 Å². The maximum Gasteiger partial charge on any atom is 0.311 e. The maximum absolute atomic E-state index is 11.5. The van der Waals surface area contributed by atoms with Crippen LogP contribution in [0.4, 0.5) is 5.69 Å². The largest absolute Gasteiger partial charge is 0.481 e. The number of fused-ring (bicyclic) bond motifs is 1. The molecule has 1 N–H and O–H groups in total. The first-order valence-electron chi connectivity index (χ1n) is 7.05. The van der Waals surface area contributed by atoms with Crippen molar-refractivity contribution in [1.82, 2.24) is 0 Å². The monoisotopic (exact) mass is 269 g/mol. The zero-order chi connectivity index (χ0) is 14.2. The zero-order valence-corrected chi connectivity index (χ0v) is 11.7. The zero-order valence-electron chi connectivity index (χ0n) is 11.7. The molecule has 1 fully saturated rings. The topological polar surface area (TPSA) is 40.5 Å². The number of carboxylic acids is 1. The van der Waals surface area contributed by atoms with Gasteiger partial charge >= 0.3 is 5.97 Å². The molecule has 3 heteroatoms. The Kier molecular flexibility index (Phi) is 3.13. The van der Waals surface area contributed by atoms with Crippen molar-refractivity contribution in [2.75, 3.05) is 18.5 Å². The molecular weight excluding hydrogens is 250 g/mol. The molecule has 1 saturated carbocycles. The third kappa shape index (κ3) is 2.03. The summed E-state index contributed by atoms with van der Waals surface area (Å²) in [6, 6.07) is 14.4. The van der Waals surface area contributed by atoms with Crippen LogP contribution in [0.25, 0.3) is 10.8 Å². The van der Waals surface area contributed by atoms with E-state index in [1.54, 1.807) is 0 Å². The van der Waals surface area contributed by atoms with Crippen molar-refractivity contribution < 1.29 is 9.90 Å². The van der Waals surface area contributed by atoms with Gasteiger partial charge in [0.1, 0.15) is 0 Å². The van der Waals surface area contributed by atoms with Gasteiger partial charge in [0.2, 0.25) is 0 Å². The Morgan fingerprint density at radius 3 is 2.55 bits per heavy atom. The van der Waals surface area contributed by atoms with Crippen LogP contribution in [0.15, 0.2) is 42.5 Å². The molecule has 0 amide bonds. The fraction of sp³-hybridized carbons (Fsp3) is 0.353. The van der Waals surface area contributed by atoms with Gasteiger partial charge in [-0.25, -0.2) is 0 Å². The maximum atomic E-state index is 11.5. The molecule has 0 unspecified atom stereocenters. The fourth-order valence-electron chi connectivity index (χ4n) is 3.12. The van der Waals surface area contributed by atoms with Crippen molar-refractivity contribution in [2.24, 2.45) is 5.41 Å². The van der Waals surface area contributed by atoms with Gasteiger partial charge in [-0.05, 0) is 24.3 Å². The highest BCUT2D eigenvalue weighted by Crippen LogP contribution is 2.42. The molecule has 0 heterocycles. The number of anilines is 1. The number of hydrogen-bond donors (Lipinski definition) is 1. The molecule has 3 rings (SSSR count). The summed E-state index contributed by atoms with van der Waals surface area (Å²) in [5.74, 6) is -0.657. The lowest BCUT2D eigenvalue weighted by Gasteiger charge is -2.41. The lowest BCUT2D eigenvalue weighted by Crippen LogP contribution is -2.46. The molecule has 0 radical (unpaired) electrons. The molecule has 104 valence electrons. The number of rotatable bonds is 4. The average Bonchev–Trinajstić information content (AvgIpc) is 2.41. The number of benzene rings is 2. The Balaban J connectivity index is 1.93. The standard InChI is InChI=1S/C17H19NO2/c1-18(12-17(16(19)20)10-5-11-17)15-9-4-7-13-6-2-3-8-14(13)15/h2-4,6-9H,5,10-12H2,1H3,(H,19,20). The SMILES string of the molecule is CN(CC1(C(=O)O)CCC1)c1cccc2ccccc12.